The molecule has 88 valence electrons. The van der Waals surface area contributed by atoms with Gasteiger partial charge in [0.2, 0.25) is 0 Å². The highest BCUT2D eigenvalue weighted by atomic mass is 16.3. The van der Waals surface area contributed by atoms with Crippen LogP contribution in [-0.2, 0) is 6.54 Å². The summed E-state index contributed by atoms with van der Waals surface area (Å²) in [5.74, 6) is 0.679. The van der Waals surface area contributed by atoms with Crippen molar-refractivity contribution in [3.63, 3.8) is 0 Å². The van der Waals surface area contributed by atoms with E-state index in [-0.39, 0.29) is 0 Å². The van der Waals surface area contributed by atoms with Crippen LogP contribution in [0.4, 0.5) is 0 Å². The Morgan fingerprint density at radius 2 is 2.12 bits per heavy atom. The van der Waals surface area contributed by atoms with E-state index in [9.17, 15) is 5.11 Å². The standard InChI is InChI=1S/C14H16N2O/c1-2-3-10-16-11-9-15-14(16)13(17)12-7-5-4-6-8-12/h2,4-9,11,13,17H,1,3,10H2/t13-/m0/s1. The fourth-order valence-corrected chi connectivity index (χ4v) is 1.77. The molecule has 17 heavy (non-hydrogen) atoms. The van der Waals surface area contributed by atoms with Crippen LogP contribution in [0.3, 0.4) is 0 Å². The number of aromatic nitrogens is 2. The lowest BCUT2D eigenvalue weighted by molar-refractivity contribution is 0.204. The molecule has 0 unspecified atom stereocenters. The molecule has 0 saturated carbocycles. The van der Waals surface area contributed by atoms with Crippen molar-refractivity contribution in [3.8, 4) is 0 Å². The molecule has 1 atom stereocenters. The number of aliphatic hydroxyl groups excluding tert-OH is 1. The van der Waals surface area contributed by atoms with E-state index in [1.165, 1.54) is 0 Å². The van der Waals surface area contributed by atoms with Crippen LogP contribution in [0.2, 0.25) is 0 Å². The van der Waals surface area contributed by atoms with Crippen molar-refractivity contribution in [1.82, 2.24) is 9.55 Å². The minimum absolute atomic E-state index is 0.670. The lowest BCUT2D eigenvalue weighted by Gasteiger charge is -2.12. The molecule has 0 aliphatic rings. The summed E-state index contributed by atoms with van der Waals surface area (Å²) in [6.07, 6.45) is 5.65. The fraction of sp³-hybridized carbons (Fsp3) is 0.214. The number of hydrogen-bond acceptors (Lipinski definition) is 2. The zero-order chi connectivity index (χ0) is 12.1. The number of allylic oxidation sites excluding steroid dienone is 1. The van der Waals surface area contributed by atoms with Crippen LogP contribution in [0.1, 0.15) is 23.9 Å². The molecule has 3 heteroatoms. The Morgan fingerprint density at radius 1 is 1.35 bits per heavy atom. The second-order valence-corrected chi connectivity index (χ2v) is 3.87. The predicted octanol–water partition coefficient (Wildman–Crippen LogP) is 2.54. The number of hydrogen-bond donors (Lipinski definition) is 1. The zero-order valence-corrected chi connectivity index (χ0v) is 9.66. The highest BCUT2D eigenvalue weighted by Gasteiger charge is 2.15. The molecule has 1 aromatic heterocycles. The smallest absolute Gasteiger partial charge is 0.142 e. The highest BCUT2D eigenvalue weighted by Crippen LogP contribution is 2.20. The molecule has 2 aromatic rings. The van der Waals surface area contributed by atoms with Gasteiger partial charge >= 0.3 is 0 Å². The van der Waals surface area contributed by atoms with Crippen molar-refractivity contribution in [1.29, 1.82) is 0 Å². The van der Waals surface area contributed by atoms with Crippen LogP contribution in [0.15, 0.2) is 55.4 Å². The lowest BCUT2D eigenvalue weighted by atomic mass is 10.1. The molecule has 0 fully saturated rings. The number of nitrogens with zero attached hydrogens (tertiary/aromatic N) is 2. The molecule has 1 aromatic carbocycles. The van der Waals surface area contributed by atoms with Gasteiger partial charge < -0.3 is 9.67 Å². The van der Waals surface area contributed by atoms with Crippen LogP contribution in [-0.4, -0.2) is 14.7 Å². The van der Waals surface area contributed by atoms with Gasteiger partial charge in [-0.15, -0.1) is 6.58 Å². The molecular formula is C14H16N2O. The highest BCUT2D eigenvalue weighted by molar-refractivity contribution is 5.22. The second kappa shape index (κ2) is 5.46. The van der Waals surface area contributed by atoms with Crippen molar-refractivity contribution in [2.75, 3.05) is 0 Å². The Morgan fingerprint density at radius 3 is 2.82 bits per heavy atom. The maximum absolute atomic E-state index is 10.3. The molecule has 0 aliphatic carbocycles. The minimum Gasteiger partial charge on any atom is -0.380 e. The number of aryl methyl sites for hydroxylation is 1. The molecule has 3 nitrogen and oxygen atoms in total. The second-order valence-electron chi connectivity index (χ2n) is 3.87. The third-order valence-electron chi connectivity index (χ3n) is 2.68. The molecule has 1 heterocycles. The van der Waals surface area contributed by atoms with E-state index < -0.39 is 6.10 Å². The van der Waals surface area contributed by atoms with E-state index >= 15 is 0 Å². The van der Waals surface area contributed by atoms with E-state index in [4.69, 9.17) is 0 Å². The van der Waals surface area contributed by atoms with E-state index in [0.29, 0.717) is 5.82 Å². The van der Waals surface area contributed by atoms with Gasteiger partial charge in [-0.25, -0.2) is 4.98 Å². The third-order valence-corrected chi connectivity index (χ3v) is 2.68. The van der Waals surface area contributed by atoms with Gasteiger partial charge in [0, 0.05) is 18.9 Å². The van der Waals surface area contributed by atoms with E-state index in [0.717, 1.165) is 18.5 Å². The van der Waals surface area contributed by atoms with Crippen molar-refractivity contribution in [2.45, 2.75) is 19.1 Å². The molecule has 0 spiro atoms. The molecular weight excluding hydrogens is 212 g/mol. The minimum atomic E-state index is -0.670. The predicted molar refractivity (Wildman–Crippen MR) is 67.5 cm³/mol. The Labute approximate surface area is 101 Å². The SMILES string of the molecule is C=CCCn1ccnc1[C@@H](O)c1ccccc1. The number of benzene rings is 1. The Hall–Kier alpha value is -1.87. The number of rotatable bonds is 5. The summed E-state index contributed by atoms with van der Waals surface area (Å²) in [7, 11) is 0. The summed E-state index contributed by atoms with van der Waals surface area (Å²) >= 11 is 0. The number of aliphatic hydroxyl groups is 1. The summed E-state index contributed by atoms with van der Waals surface area (Å²) in [5.41, 5.74) is 0.860. The largest absolute Gasteiger partial charge is 0.380 e. The van der Waals surface area contributed by atoms with E-state index in [2.05, 4.69) is 11.6 Å². The lowest BCUT2D eigenvalue weighted by Crippen LogP contribution is -2.09. The normalized spacial score (nSPS) is 12.3. The first kappa shape index (κ1) is 11.6. The average Bonchev–Trinajstić information content (AvgIpc) is 2.84. The molecule has 0 radical (unpaired) electrons. The molecule has 1 N–H and O–H groups in total. The maximum Gasteiger partial charge on any atom is 0.142 e. The van der Waals surface area contributed by atoms with Crippen LogP contribution in [0.25, 0.3) is 0 Å². The number of imidazole rings is 1. The Balaban J connectivity index is 2.22. The van der Waals surface area contributed by atoms with Crippen molar-refractivity contribution < 1.29 is 5.11 Å². The summed E-state index contributed by atoms with van der Waals surface area (Å²) in [5, 5.41) is 10.3. The van der Waals surface area contributed by atoms with Gasteiger partial charge in [0.25, 0.3) is 0 Å². The van der Waals surface area contributed by atoms with E-state index in [1.807, 2.05) is 47.2 Å². The molecule has 0 aliphatic heterocycles. The van der Waals surface area contributed by atoms with Gasteiger partial charge in [-0.05, 0) is 12.0 Å². The molecule has 2 rings (SSSR count). The van der Waals surface area contributed by atoms with Gasteiger partial charge in [0.1, 0.15) is 11.9 Å². The molecule has 0 bridgehead atoms. The summed E-state index contributed by atoms with van der Waals surface area (Å²) in [4.78, 5) is 4.22. The molecule has 0 amide bonds. The van der Waals surface area contributed by atoms with Crippen molar-refractivity contribution in [3.05, 3.63) is 66.8 Å². The third kappa shape index (κ3) is 2.63. The van der Waals surface area contributed by atoms with Crippen LogP contribution >= 0.6 is 0 Å². The summed E-state index contributed by atoms with van der Waals surface area (Å²) in [6, 6.07) is 9.56. The quantitative estimate of drug-likeness (QED) is 0.799. The summed E-state index contributed by atoms with van der Waals surface area (Å²) in [6.45, 7) is 4.49. The van der Waals surface area contributed by atoms with Gasteiger partial charge in [-0.1, -0.05) is 36.4 Å². The first-order valence-electron chi connectivity index (χ1n) is 5.68. The topological polar surface area (TPSA) is 38.0 Å². The first-order chi connectivity index (χ1) is 8.33. The van der Waals surface area contributed by atoms with Gasteiger partial charge in [0.15, 0.2) is 0 Å². The fourth-order valence-electron chi connectivity index (χ4n) is 1.77. The first-order valence-corrected chi connectivity index (χ1v) is 5.68. The monoisotopic (exact) mass is 228 g/mol. The Kier molecular flexibility index (Phi) is 3.73. The van der Waals surface area contributed by atoms with Crippen molar-refractivity contribution in [2.24, 2.45) is 0 Å². The van der Waals surface area contributed by atoms with Gasteiger partial charge in [-0.2, -0.15) is 0 Å². The molecule has 0 saturated heterocycles. The van der Waals surface area contributed by atoms with Crippen molar-refractivity contribution >= 4 is 0 Å². The zero-order valence-electron chi connectivity index (χ0n) is 9.66. The van der Waals surface area contributed by atoms with E-state index in [1.54, 1.807) is 6.20 Å². The van der Waals surface area contributed by atoms with Gasteiger partial charge in [0.05, 0.1) is 0 Å². The average molecular weight is 228 g/mol. The van der Waals surface area contributed by atoms with Crippen LogP contribution in [0.5, 0.6) is 0 Å². The van der Waals surface area contributed by atoms with Crippen LogP contribution < -0.4 is 0 Å². The maximum atomic E-state index is 10.3. The Bertz CT molecular complexity index is 476. The van der Waals surface area contributed by atoms with Gasteiger partial charge in [-0.3, -0.25) is 0 Å². The summed E-state index contributed by atoms with van der Waals surface area (Å²) < 4.78 is 1.96. The van der Waals surface area contributed by atoms with Crippen LogP contribution in [0, 0.1) is 0 Å².